The summed E-state index contributed by atoms with van der Waals surface area (Å²) < 4.78 is 6.26. The fourth-order valence-electron chi connectivity index (χ4n) is 9.05. The van der Waals surface area contributed by atoms with E-state index in [1.165, 1.54) is 65.7 Å². The van der Waals surface area contributed by atoms with Gasteiger partial charge in [0.2, 0.25) is 0 Å². The molecule has 11 rings (SSSR count). The summed E-state index contributed by atoms with van der Waals surface area (Å²) in [7, 11) is 0. The van der Waals surface area contributed by atoms with Crippen LogP contribution in [-0.2, 0) is 5.41 Å². The minimum atomic E-state index is -0.0560. The second kappa shape index (κ2) is 11.2. The minimum absolute atomic E-state index is 0.0560. The van der Waals surface area contributed by atoms with E-state index in [9.17, 15) is 0 Å². The maximum Gasteiger partial charge on any atom is 0.135 e. The van der Waals surface area contributed by atoms with Crippen LogP contribution >= 0.6 is 0 Å². The van der Waals surface area contributed by atoms with E-state index >= 15 is 0 Å². The maximum atomic E-state index is 6.26. The second-order valence-electron chi connectivity index (χ2n) is 14.9. The van der Waals surface area contributed by atoms with Crippen LogP contribution in [0.2, 0.25) is 0 Å². The van der Waals surface area contributed by atoms with Crippen molar-refractivity contribution in [2.75, 3.05) is 4.90 Å². The van der Waals surface area contributed by atoms with E-state index in [1.54, 1.807) is 0 Å². The van der Waals surface area contributed by atoms with Gasteiger partial charge in [0.05, 0.1) is 0 Å². The van der Waals surface area contributed by atoms with Gasteiger partial charge in [0.1, 0.15) is 11.2 Å². The number of furan rings is 1. The molecule has 0 spiro atoms. The van der Waals surface area contributed by atoms with Crippen LogP contribution in [0.4, 0.5) is 17.1 Å². The number of rotatable bonds is 4. The zero-order valence-corrected chi connectivity index (χ0v) is 29.6. The number of nitrogens with zero attached hydrogens (tertiary/aromatic N) is 1. The molecular formula is C51H35NO. The van der Waals surface area contributed by atoms with Gasteiger partial charge in [-0.05, 0) is 114 Å². The molecule has 53 heavy (non-hydrogen) atoms. The van der Waals surface area contributed by atoms with E-state index in [0.29, 0.717) is 0 Å². The van der Waals surface area contributed by atoms with Gasteiger partial charge < -0.3 is 9.32 Å². The number of benzene rings is 9. The van der Waals surface area contributed by atoms with Crippen LogP contribution in [0.1, 0.15) is 25.0 Å². The van der Waals surface area contributed by atoms with Crippen molar-refractivity contribution in [2.45, 2.75) is 19.3 Å². The molecule has 10 aromatic rings. The van der Waals surface area contributed by atoms with Gasteiger partial charge in [0.15, 0.2) is 0 Å². The van der Waals surface area contributed by atoms with Gasteiger partial charge in [-0.2, -0.15) is 0 Å². The van der Waals surface area contributed by atoms with Gasteiger partial charge in [-0.1, -0.05) is 141 Å². The molecule has 0 amide bonds. The molecule has 0 aliphatic heterocycles. The Kier molecular flexibility index (Phi) is 6.33. The fraction of sp³-hybridized carbons (Fsp3) is 0.0588. The van der Waals surface area contributed by atoms with Crippen molar-refractivity contribution in [3.05, 3.63) is 187 Å². The molecule has 1 aromatic heterocycles. The molecular weight excluding hydrogens is 643 g/mol. The topological polar surface area (TPSA) is 16.4 Å². The van der Waals surface area contributed by atoms with Crippen molar-refractivity contribution in [3.63, 3.8) is 0 Å². The number of hydrogen-bond acceptors (Lipinski definition) is 2. The van der Waals surface area contributed by atoms with Gasteiger partial charge in [-0.25, -0.2) is 0 Å². The first-order chi connectivity index (χ1) is 26.0. The third-order valence-corrected chi connectivity index (χ3v) is 11.6. The van der Waals surface area contributed by atoms with Crippen molar-refractivity contribution in [1.82, 2.24) is 0 Å². The summed E-state index contributed by atoms with van der Waals surface area (Å²) in [5.74, 6) is 0. The Bertz CT molecular complexity index is 3090. The molecule has 0 N–H and O–H groups in total. The predicted molar refractivity (Wildman–Crippen MR) is 224 cm³/mol. The smallest absolute Gasteiger partial charge is 0.135 e. The highest BCUT2D eigenvalue weighted by Crippen LogP contribution is 2.51. The number of anilines is 3. The fourth-order valence-corrected chi connectivity index (χ4v) is 9.05. The minimum Gasteiger partial charge on any atom is -0.456 e. The zero-order valence-electron chi connectivity index (χ0n) is 29.6. The maximum absolute atomic E-state index is 6.26. The Hall–Kier alpha value is -6.64. The molecule has 9 aromatic carbocycles. The summed E-state index contributed by atoms with van der Waals surface area (Å²) in [6.07, 6.45) is 0. The Morgan fingerprint density at radius 3 is 1.87 bits per heavy atom. The van der Waals surface area contributed by atoms with Crippen molar-refractivity contribution in [1.29, 1.82) is 0 Å². The highest BCUT2D eigenvalue weighted by molar-refractivity contribution is 6.24. The Balaban J connectivity index is 1.11. The molecule has 2 nitrogen and oxygen atoms in total. The number of hydrogen-bond donors (Lipinski definition) is 0. The van der Waals surface area contributed by atoms with E-state index < -0.39 is 0 Å². The van der Waals surface area contributed by atoms with E-state index in [0.717, 1.165) is 39.0 Å². The van der Waals surface area contributed by atoms with Crippen molar-refractivity contribution >= 4 is 71.3 Å². The molecule has 2 heteroatoms. The Labute approximate surface area is 308 Å². The monoisotopic (exact) mass is 677 g/mol. The summed E-state index contributed by atoms with van der Waals surface area (Å²) in [5.41, 5.74) is 12.9. The van der Waals surface area contributed by atoms with Crippen LogP contribution in [0.5, 0.6) is 0 Å². The lowest BCUT2D eigenvalue weighted by Gasteiger charge is -2.27. The SMILES string of the molecule is CC1(C)c2ccccc2-c2cc(N(c3ccc(-c4cccc5ccc6ccc7ccccc7c6c45)cc3)c3ccc4oc5ccccc5c4c3)ccc21. The van der Waals surface area contributed by atoms with Gasteiger partial charge >= 0.3 is 0 Å². The normalized spacial score (nSPS) is 13.2. The van der Waals surface area contributed by atoms with E-state index in [-0.39, 0.29) is 5.41 Å². The van der Waals surface area contributed by atoms with Gasteiger partial charge in [0.25, 0.3) is 0 Å². The van der Waals surface area contributed by atoms with Crippen LogP contribution in [0.25, 0.3) is 76.5 Å². The predicted octanol–water partition coefficient (Wildman–Crippen LogP) is 14.5. The van der Waals surface area contributed by atoms with Gasteiger partial charge in [-0.3, -0.25) is 0 Å². The Morgan fingerprint density at radius 2 is 1.00 bits per heavy atom. The molecule has 0 unspecified atom stereocenters. The third-order valence-electron chi connectivity index (χ3n) is 11.6. The lowest BCUT2D eigenvalue weighted by molar-refractivity contribution is 0.660. The molecule has 1 aliphatic carbocycles. The lowest BCUT2D eigenvalue weighted by Crippen LogP contribution is -2.15. The zero-order chi connectivity index (χ0) is 35.3. The van der Waals surface area contributed by atoms with Crippen LogP contribution in [0.3, 0.4) is 0 Å². The van der Waals surface area contributed by atoms with Crippen molar-refractivity contribution < 1.29 is 4.42 Å². The van der Waals surface area contributed by atoms with E-state index in [4.69, 9.17) is 4.42 Å². The van der Waals surface area contributed by atoms with Crippen molar-refractivity contribution in [3.8, 4) is 22.3 Å². The molecule has 0 radical (unpaired) electrons. The van der Waals surface area contributed by atoms with Gasteiger partial charge in [-0.15, -0.1) is 0 Å². The lowest BCUT2D eigenvalue weighted by atomic mass is 9.82. The van der Waals surface area contributed by atoms with Crippen LogP contribution in [-0.4, -0.2) is 0 Å². The first kappa shape index (κ1) is 30.0. The van der Waals surface area contributed by atoms with Crippen LogP contribution in [0.15, 0.2) is 180 Å². The highest BCUT2D eigenvalue weighted by atomic mass is 16.3. The Morgan fingerprint density at radius 1 is 0.396 bits per heavy atom. The molecule has 1 aliphatic rings. The van der Waals surface area contributed by atoms with Crippen molar-refractivity contribution in [2.24, 2.45) is 0 Å². The number of para-hydroxylation sites is 1. The summed E-state index contributed by atoms with van der Waals surface area (Å²) in [4.78, 5) is 2.39. The van der Waals surface area contributed by atoms with Crippen LogP contribution in [0, 0.1) is 0 Å². The molecule has 0 bridgehead atoms. The first-order valence-corrected chi connectivity index (χ1v) is 18.4. The molecule has 0 saturated carbocycles. The summed E-state index contributed by atoms with van der Waals surface area (Å²) in [6.45, 7) is 4.68. The molecule has 0 fully saturated rings. The molecule has 250 valence electrons. The summed E-state index contributed by atoms with van der Waals surface area (Å²) in [6, 6.07) is 64.3. The van der Waals surface area contributed by atoms with E-state index in [2.05, 4.69) is 183 Å². The van der Waals surface area contributed by atoms with E-state index in [1.807, 2.05) is 12.1 Å². The molecule has 1 heterocycles. The summed E-state index contributed by atoms with van der Waals surface area (Å²) >= 11 is 0. The van der Waals surface area contributed by atoms with Gasteiger partial charge in [0, 0.05) is 33.2 Å². The third kappa shape index (κ3) is 4.45. The highest BCUT2D eigenvalue weighted by Gasteiger charge is 2.35. The number of fused-ring (bicyclic) bond motifs is 11. The average molecular weight is 678 g/mol. The summed E-state index contributed by atoms with van der Waals surface area (Å²) in [5, 5.41) is 9.90. The quantitative estimate of drug-likeness (QED) is 0.172. The second-order valence-corrected chi connectivity index (χ2v) is 14.9. The molecule has 0 atom stereocenters. The first-order valence-electron chi connectivity index (χ1n) is 18.4. The average Bonchev–Trinajstić information content (AvgIpc) is 3.69. The van der Waals surface area contributed by atoms with Crippen LogP contribution < -0.4 is 4.90 Å². The largest absolute Gasteiger partial charge is 0.456 e. The standard InChI is InChI=1S/C51H35NO/c1-51(2)45-16-7-5-13-41(45)43-30-37(26-28-46(43)51)52(38-27-29-48-44(31-38)42-14-6-8-17-47(42)53-48)36-24-22-33(23-25-36)40-15-9-11-34-20-21-35-19-18-32-10-3-4-12-39(32)50(35)49(34)40/h3-31H,1-2H3. The molecule has 0 saturated heterocycles.